The number of aliphatic hydroxyl groups excluding tert-OH is 2. The van der Waals surface area contributed by atoms with E-state index in [1.54, 1.807) is 6.42 Å². The topological polar surface area (TPSA) is 76.0 Å². The summed E-state index contributed by atoms with van der Waals surface area (Å²) in [5.74, 6) is -0.498. The van der Waals surface area contributed by atoms with Gasteiger partial charge in [-0.2, -0.15) is 0 Å². The Kier molecular flexibility index (Phi) is 26.7. The van der Waals surface area contributed by atoms with E-state index in [-0.39, 0.29) is 63.4 Å². The first-order valence-corrected chi connectivity index (χ1v) is 16.0. The minimum atomic E-state index is -0.944. The molecule has 0 bridgehead atoms. The van der Waals surface area contributed by atoms with Crippen molar-refractivity contribution in [2.75, 3.05) is 6.61 Å². The van der Waals surface area contributed by atoms with E-state index in [2.05, 4.69) is 6.92 Å². The van der Waals surface area contributed by atoms with Crippen molar-refractivity contribution in [1.82, 2.24) is 0 Å². The third-order valence-electron chi connectivity index (χ3n) is 7.67. The normalized spacial score (nSPS) is 21.4. The van der Waals surface area contributed by atoms with Crippen molar-refractivity contribution in [3.8, 4) is 0 Å². The number of unbranched alkanes of at least 4 members (excludes halogenated alkanes) is 18. The van der Waals surface area contributed by atoms with Crippen LogP contribution in [0.3, 0.4) is 0 Å². The summed E-state index contributed by atoms with van der Waals surface area (Å²) in [6.45, 7) is 6.31. The van der Waals surface area contributed by atoms with E-state index < -0.39 is 12.2 Å². The fourth-order valence-electron chi connectivity index (χ4n) is 5.37. The number of aliphatic hydroxyl groups is 2. The Hall–Kier alpha value is 0.454. The number of rotatable bonds is 24. The van der Waals surface area contributed by atoms with Gasteiger partial charge in [-0.3, -0.25) is 11.2 Å². The molecule has 2 N–H and O–H groups in total. The van der Waals surface area contributed by atoms with Crippen molar-refractivity contribution in [2.24, 2.45) is 5.92 Å². The molecule has 4 atom stereocenters. The second-order valence-electron chi connectivity index (χ2n) is 11.7. The van der Waals surface area contributed by atoms with Gasteiger partial charge < -0.3 is 19.7 Å². The molecule has 0 amide bonds. The van der Waals surface area contributed by atoms with Crippen LogP contribution in [0.15, 0.2) is 0 Å². The zero-order valence-corrected chi connectivity index (χ0v) is 28.1. The third kappa shape index (κ3) is 21.2. The van der Waals surface area contributed by atoms with Crippen LogP contribution in [0.4, 0.5) is 0 Å². The standard InChI is InChI=1S/C32H61O5.Y/c1-4-5-6-7-8-9-10-11-12-13-14-15-16-17-18-19-20-21-22-23-31(34)36-26-28-24-29(37-27(2)3)25-30(33)32(28)35;/h25,27-30,32-33,35H,4-24,26H2,1-3H3;/q-1;/t28?,29-,30-,32+;/m1./s1. The molecule has 1 fully saturated rings. The van der Waals surface area contributed by atoms with E-state index in [0.29, 0.717) is 12.8 Å². The first kappa shape index (κ1) is 38.5. The monoisotopic (exact) mass is 614 g/mol. The molecule has 6 heteroatoms. The molecule has 0 heterocycles. The van der Waals surface area contributed by atoms with Crippen LogP contribution in [0.25, 0.3) is 0 Å². The minimum Gasteiger partial charge on any atom is -0.465 e. The maximum Gasteiger partial charge on any atom is 0.305 e. The predicted molar refractivity (Wildman–Crippen MR) is 153 cm³/mol. The number of esters is 1. The van der Waals surface area contributed by atoms with Crippen LogP contribution in [0.2, 0.25) is 0 Å². The molecule has 0 aromatic carbocycles. The number of ether oxygens (including phenoxy) is 2. The summed E-state index contributed by atoms with van der Waals surface area (Å²) in [6.07, 6.45) is 26.0. The van der Waals surface area contributed by atoms with Gasteiger partial charge in [-0.25, -0.2) is 0 Å². The minimum absolute atomic E-state index is 0. The second kappa shape index (κ2) is 26.4. The Morgan fingerprint density at radius 3 is 1.61 bits per heavy atom. The fraction of sp³-hybridized carbons (Fsp3) is 0.938. The van der Waals surface area contributed by atoms with Gasteiger partial charge in [0.05, 0.1) is 12.7 Å². The molecule has 0 saturated heterocycles. The Labute approximate surface area is 260 Å². The van der Waals surface area contributed by atoms with E-state index >= 15 is 0 Å². The van der Waals surface area contributed by atoms with Crippen molar-refractivity contribution in [3.63, 3.8) is 0 Å². The van der Waals surface area contributed by atoms with Crippen molar-refractivity contribution in [3.05, 3.63) is 6.42 Å². The second-order valence-corrected chi connectivity index (χ2v) is 11.7. The molecule has 0 aliphatic heterocycles. The summed E-state index contributed by atoms with van der Waals surface area (Å²) >= 11 is 0. The Morgan fingerprint density at radius 2 is 1.18 bits per heavy atom. The smallest absolute Gasteiger partial charge is 0.305 e. The first-order valence-electron chi connectivity index (χ1n) is 16.0. The van der Waals surface area contributed by atoms with Gasteiger partial charge in [0.25, 0.3) is 0 Å². The first-order chi connectivity index (χ1) is 17.9. The largest absolute Gasteiger partial charge is 0.465 e. The molecule has 1 aliphatic carbocycles. The van der Waals surface area contributed by atoms with Gasteiger partial charge in [0.1, 0.15) is 0 Å². The molecule has 1 saturated carbocycles. The molecular formula is C32H61O5Y-. The van der Waals surface area contributed by atoms with Gasteiger partial charge in [0, 0.05) is 51.2 Å². The van der Waals surface area contributed by atoms with Gasteiger partial charge in [-0.05, 0) is 32.8 Å². The Bertz CT molecular complexity index is 530. The van der Waals surface area contributed by atoms with Crippen LogP contribution in [0.5, 0.6) is 0 Å². The maximum atomic E-state index is 12.1. The number of carbonyl (C=O) groups excluding carboxylic acids is 1. The van der Waals surface area contributed by atoms with Gasteiger partial charge in [-0.15, -0.1) is 0 Å². The Morgan fingerprint density at radius 1 is 0.763 bits per heavy atom. The van der Waals surface area contributed by atoms with Crippen LogP contribution in [0.1, 0.15) is 156 Å². The van der Waals surface area contributed by atoms with Gasteiger partial charge in [0.15, 0.2) is 0 Å². The van der Waals surface area contributed by atoms with Crippen LogP contribution < -0.4 is 0 Å². The van der Waals surface area contributed by atoms with E-state index in [4.69, 9.17) is 9.47 Å². The molecular weight excluding hydrogens is 553 g/mol. The van der Waals surface area contributed by atoms with Gasteiger partial charge in [0.2, 0.25) is 0 Å². The zero-order chi connectivity index (χ0) is 27.1. The Balaban J connectivity index is 0.0000137. The van der Waals surface area contributed by atoms with Crippen molar-refractivity contribution >= 4 is 5.97 Å². The molecule has 1 rings (SSSR count). The molecule has 38 heavy (non-hydrogen) atoms. The average Bonchev–Trinajstić information content (AvgIpc) is 2.86. The molecule has 223 valence electrons. The summed E-state index contributed by atoms with van der Waals surface area (Å²) in [5, 5.41) is 20.3. The summed E-state index contributed by atoms with van der Waals surface area (Å²) in [5.41, 5.74) is 0. The SMILES string of the molecule is CCCCCCCCCCCCCCCCCCCCCC(=O)OCC1C[C@@H](OC(C)C)[CH-][C@@H](O)[C@H]1O.[Y]. The fourth-order valence-corrected chi connectivity index (χ4v) is 5.37. The molecule has 5 nitrogen and oxygen atoms in total. The van der Waals surface area contributed by atoms with Crippen LogP contribution in [-0.4, -0.2) is 47.2 Å². The number of hydrogen-bond acceptors (Lipinski definition) is 5. The van der Waals surface area contributed by atoms with Crippen LogP contribution in [0, 0.1) is 12.3 Å². The average molecular weight is 615 g/mol. The maximum absolute atomic E-state index is 12.1. The summed E-state index contributed by atoms with van der Waals surface area (Å²) < 4.78 is 11.2. The van der Waals surface area contributed by atoms with E-state index in [1.165, 1.54) is 109 Å². The van der Waals surface area contributed by atoms with Crippen LogP contribution >= 0.6 is 0 Å². The predicted octanol–water partition coefficient (Wildman–Crippen LogP) is 8.09. The van der Waals surface area contributed by atoms with Gasteiger partial charge >= 0.3 is 5.97 Å². The third-order valence-corrected chi connectivity index (χ3v) is 7.67. The zero-order valence-electron chi connectivity index (χ0n) is 25.2. The number of hydrogen-bond donors (Lipinski definition) is 2. The summed E-state index contributed by atoms with van der Waals surface area (Å²) in [4.78, 5) is 12.1. The summed E-state index contributed by atoms with van der Waals surface area (Å²) in [6, 6.07) is 0. The van der Waals surface area contributed by atoms with Gasteiger partial charge in [-0.1, -0.05) is 129 Å². The van der Waals surface area contributed by atoms with Crippen molar-refractivity contribution < 1.29 is 57.2 Å². The molecule has 1 aliphatic rings. The quantitative estimate of drug-likeness (QED) is 0.0653. The van der Waals surface area contributed by atoms with Crippen LogP contribution in [-0.2, 0) is 47.0 Å². The summed E-state index contributed by atoms with van der Waals surface area (Å²) in [7, 11) is 0. The van der Waals surface area contributed by atoms with E-state index in [1.807, 2.05) is 13.8 Å². The molecule has 1 unspecified atom stereocenters. The molecule has 0 spiro atoms. The van der Waals surface area contributed by atoms with E-state index in [9.17, 15) is 15.0 Å². The van der Waals surface area contributed by atoms with Crippen molar-refractivity contribution in [1.29, 1.82) is 0 Å². The number of carbonyl (C=O) groups is 1. The molecule has 0 aromatic heterocycles. The van der Waals surface area contributed by atoms with E-state index in [0.717, 1.165) is 12.8 Å². The molecule has 1 radical (unpaired) electrons. The molecule has 0 aromatic rings. The van der Waals surface area contributed by atoms with Crippen molar-refractivity contribution in [2.45, 2.75) is 180 Å².